The van der Waals surface area contributed by atoms with Gasteiger partial charge in [-0.1, -0.05) is 0 Å². The maximum absolute atomic E-state index is 12.5. The first kappa shape index (κ1) is 18.9. The monoisotopic (exact) mass is 351 g/mol. The lowest BCUT2D eigenvalue weighted by Crippen LogP contribution is -2.53. The van der Waals surface area contributed by atoms with Gasteiger partial charge in [0.1, 0.15) is 5.82 Å². The van der Waals surface area contributed by atoms with Gasteiger partial charge in [0.15, 0.2) is 5.03 Å². The SMILES string of the molecule is Cc1nc(S(=O)(=O)N2CCN(C(=O)[C@@H](C)N)CC2)cn1C.Cl. The van der Waals surface area contributed by atoms with E-state index in [2.05, 4.69) is 4.98 Å². The van der Waals surface area contributed by atoms with Crippen molar-refractivity contribution in [3.63, 3.8) is 0 Å². The van der Waals surface area contributed by atoms with Crippen LogP contribution in [0.2, 0.25) is 0 Å². The molecule has 1 atom stereocenters. The zero-order chi connectivity index (χ0) is 15.8. The minimum atomic E-state index is -3.60. The summed E-state index contributed by atoms with van der Waals surface area (Å²) in [6.45, 7) is 4.60. The number of aryl methyl sites for hydroxylation is 2. The number of sulfonamides is 1. The van der Waals surface area contributed by atoms with Gasteiger partial charge in [-0.05, 0) is 13.8 Å². The Labute approximate surface area is 136 Å². The third-order valence-corrected chi connectivity index (χ3v) is 5.40. The molecule has 1 aliphatic rings. The topological polar surface area (TPSA) is 102 Å². The zero-order valence-corrected chi connectivity index (χ0v) is 14.5. The summed E-state index contributed by atoms with van der Waals surface area (Å²) in [6.07, 6.45) is 1.50. The molecule has 1 saturated heterocycles. The Kier molecular flexibility index (Phi) is 5.96. The molecule has 0 unspecified atom stereocenters. The van der Waals surface area contributed by atoms with Gasteiger partial charge in [0, 0.05) is 39.4 Å². The van der Waals surface area contributed by atoms with Crippen molar-refractivity contribution in [3.8, 4) is 0 Å². The molecule has 2 rings (SSSR count). The molecule has 0 saturated carbocycles. The third kappa shape index (κ3) is 3.60. The van der Waals surface area contributed by atoms with Crippen LogP contribution < -0.4 is 5.73 Å². The highest BCUT2D eigenvalue weighted by Gasteiger charge is 2.32. The van der Waals surface area contributed by atoms with Crippen LogP contribution in [0.4, 0.5) is 0 Å². The van der Waals surface area contributed by atoms with Crippen LogP contribution in [0, 0.1) is 6.92 Å². The molecule has 1 fully saturated rings. The summed E-state index contributed by atoms with van der Waals surface area (Å²) in [7, 11) is -1.85. The van der Waals surface area contributed by atoms with Gasteiger partial charge in [0.2, 0.25) is 5.91 Å². The van der Waals surface area contributed by atoms with Gasteiger partial charge in [-0.3, -0.25) is 4.79 Å². The summed E-state index contributed by atoms with van der Waals surface area (Å²) in [6, 6.07) is -0.563. The fourth-order valence-corrected chi connectivity index (χ4v) is 3.67. The molecular formula is C12H22ClN5O3S. The van der Waals surface area contributed by atoms with Gasteiger partial charge < -0.3 is 15.2 Å². The van der Waals surface area contributed by atoms with Crippen molar-refractivity contribution in [2.45, 2.75) is 24.9 Å². The summed E-state index contributed by atoms with van der Waals surface area (Å²) >= 11 is 0. The molecule has 0 bridgehead atoms. The second kappa shape index (κ2) is 6.95. The quantitative estimate of drug-likeness (QED) is 0.778. The van der Waals surface area contributed by atoms with Gasteiger partial charge in [0.25, 0.3) is 10.0 Å². The van der Waals surface area contributed by atoms with E-state index in [4.69, 9.17) is 5.73 Å². The Balaban J connectivity index is 0.00000242. The van der Waals surface area contributed by atoms with Gasteiger partial charge in [-0.25, -0.2) is 13.4 Å². The molecule has 8 nitrogen and oxygen atoms in total. The normalized spacial score (nSPS) is 17.9. The van der Waals surface area contributed by atoms with Crippen LogP contribution in [-0.4, -0.2) is 65.3 Å². The van der Waals surface area contributed by atoms with Crippen molar-refractivity contribution in [2.75, 3.05) is 26.2 Å². The van der Waals surface area contributed by atoms with Crippen molar-refractivity contribution in [2.24, 2.45) is 12.8 Å². The fourth-order valence-electron chi connectivity index (χ4n) is 2.22. The summed E-state index contributed by atoms with van der Waals surface area (Å²) < 4.78 is 28.0. The van der Waals surface area contributed by atoms with Crippen LogP contribution in [0.25, 0.3) is 0 Å². The van der Waals surface area contributed by atoms with Crippen LogP contribution in [0.1, 0.15) is 12.7 Å². The number of hydrogen-bond donors (Lipinski definition) is 1. The maximum atomic E-state index is 12.5. The third-order valence-electron chi connectivity index (χ3n) is 3.63. The van der Waals surface area contributed by atoms with Gasteiger partial charge >= 0.3 is 0 Å². The van der Waals surface area contributed by atoms with Crippen molar-refractivity contribution in [1.82, 2.24) is 18.8 Å². The van der Waals surface area contributed by atoms with Crippen LogP contribution in [0.5, 0.6) is 0 Å². The standard InChI is InChI=1S/C12H21N5O3S.ClH/c1-9(13)12(18)16-4-6-17(7-5-16)21(19,20)11-8-15(3)10(2)14-11;/h8-9H,4-7,13H2,1-3H3;1H/t9-;/m1./s1. The van der Waals surface area contributed by atoms with Crippen molar-refractivity contribution < 1.29 is 13.2 Å². The second-order valence-electron chi connectivity index (χ2n) is 5.26. The van der Waals surface area contributed by atoms with E-state index in [1.165, 1.54) is 10.5 Å². The lowest BCUT2D eigenvalue weighted by Gasteiger charge is -2.34. The molecule has 22 heavy (non-hydrogen) atoms. The molecular weight excluding hydrogens is 330 g/mol. The molecule has 126 valence electrons. The number of carbonyl (C=O) groups is 1. The summed E-state index contributed by atoms with van der Waals surface area (Å²) in [4.78, 5) is 17.5. The first-order valence-corrected chi connectivity index (χ1v) is 8.22. The van der Waals surface area contributed by atoms with Crippen LogP contribution in [0.3, 0.4) is 0 Å². The molecule has 1 aromatic rings. The first-order chi connectivity index (χ1) is 9.73. The number of imidazole rings is 1. The number of aromatic nitrogens is 2. The molecule has 0 spiro atoms. The Morgan fingerprint density at radius 2 is 1.86 bits per heavy atom. The molecule has 1 aliphatic heterocycles. The minimum absolute atomic E-state index is 0. The maximum Gasteiger partial charge on any atom is 0.262 e. The predicted octanol–water partition coefficient (Wildman–Crippen LogP) is -0.670. The van der Waals surface area contributed by atoms with Crippen molar-refractivity contribution in [3.05, 3.63) is 12.0 Å². The van der Waals surface area contributed by atoms with E-state index >= 15 is 0 Å². The number of rotatable bonds is 3. The van der Waals surface area contributed by atoms with Gasteiger partial charge in [0.05, 0.1) is 6.04 Å². The number of nitrogens with zero attached hydrogens (tertiary/aromatic N) is 4. The van der Waals surface area contributed by atoms with E-state index in [1.807, 2.05) is 0 Å². The van der Waals surface area contributed by atoms with Crippen LogP contribution in [0.15, 0.2) is 11.2 Å². The summed E-state index contributed by atoms with van der Waals surface area (Å²) in [5, 5.41) is 0.0504. The number of amides is 1. The van der Waals surface area contributed by atoms with E-state index in [0.717, 1.165) is 0 Å². The Hall–Kier alpha value is -1.16. The predicted molar refractivity (Wildman–Crippen MR) is 84.2 cm³/mol. The molecule has 1 amide bonds. The first-order valence-electron chi connectivity index (χ1n) is 6.78. The zero-order valence-electron chi connectivity index (χ0n) is 12.9. The summed E-state index contributed by atoms with van der Waals surface area (Å²) in [5.41, 5.74) is 5.56. The molecule has 1 aromatic heterocycles. The molecule has 0 aliphatic carbocycles. The van der Waals surface area contributed by atoms with Crippen LogP contribution in [-0.2, 0) is 21.9 Å². The highest BCUT2D eigenvalue weighted by molar-refractivity contribution is 7.89. The number of nitrogens with two attached hydrogens (primary N) is 1. The smallest absolute Gasteiger partial charge is 0.262 e. The number of hydrogen-bond acceptors (Lipinski definition) is 5. The van der Waals surface area contributed by atoms with Crippen molar-refractivity contribution >= 4 is 28.3 Å². The Morgan fingerprint density at radius 1 is 1.32 bits per heavy atom. The second-order valence-corrected chi connectivity index (χ2v) is 7.14. The van der Waals surface area contributed by atoms with E-state index in [1.54, 1.807) is 30.4 Å². The number of halogens is 1. The number of piperazine rings is 1. The highest BCUT2D eigenvalue weighted by Crippen LogP contribution is 2.17. The molecule has 2 N–H and O–H groups in total. The van der Waals surface area contributed by atoms with E-state index in [-0.39, 0.29) is 36.4 Å². The minimum Gasteiger partial charge on any atom is -0.339 e. The molecule has 0 radical (unpaired) electrons. The molecule has 2 heterocycles. The van der Waals surface area contributed by atoms with Crippen molar-refractivity contribution in [1.29, 1.82) is 0 Å². The van der Waals surface area contributed by atoms with E-state index in [9.17, 15) is 13.2 Å². The number of carbonyl (C=O) groups excluding carboxylic acids is 1. The largest absolute Gasteiger partial charge is 0.339 e. The molecule has 0 aromatic carbocycles. The average molecular weight is 352 g/mol. The van der Waals surface area contributed by atoms with Crippen LogP contribution >= 0.6 is 12.4 Å². The lowest BCUT2D eigenvalue weighted by atomic mass is 10.2. The highest BCUT2D eigenvalue weighted by atomic mass is 35.5. The average Bonchev–Trinajstić information content (AvgIpc) is 2.78. The fraction of sp³-hybridized carbons (Fsp3) is 0.667. The van der Waals surface area contributed by atoms with E-state index < -0.39 is 16.1 Å². The van der Waals surface area contributed by atoms with Gasteiger partial charge in [-0.15, -0.1) is 12.4 Å². The van der Waals surface area contributed by atoms with Gasteiger partial charge in [-0.2, -0.15) is 4.31 Å². The lowest BCUT2D eigenvalue weighted by molar-refractivity contribution is -0.133. The van der Waals surface area contributed by atoms with E-state index in [0.29, 0.717) is 18.9 Å². The molecule has 10 heteroatoms. The Morgan fingerprint density at radius 3 is 2.27 bits per heavy atom. The Bertz CT molecular complexity index is 616. The summed E-state index contributed by atoms with van der Waals surface area (Å²) in [5.74, 6) is 0.486.